The third kappa shape index (κ3) is 3.10. The first-order valence-corrected chi connectivity index (χ1v) is 7.16. The molecule has 9 heteroatoms. The van der Waals surface area contributed by atoms with Gasteiger partial charge in [0.1, 0.15) is 5.69 Å². The van der Waals surface area contributed by atoms with E-state index in [0.717, 1.165) is 0 Å². The summed E-state index contributed by atoms with van der Waals surface area (Å²) in [5.74, 6) is -0.834. The van der Waals surface area contributed by atoms with E-state index in [-0.39, 0.29) is 34.9 Å². The van der Waals surface area contributed by atoms with Gasteiger partial charge in [-0.3, -0.25) is 0 Å². The van der Waals surface area contributed by atoms with E-state index in [2.05, 4.69) is 4.98 Å². The quantitative estimate of drug-likeness (QED) is 0.704. The number of alkyl halides is 2. The second-order valence-electron chi connectivity index (χ2n) is 4.96. The number of aromatic amines is 1. The molecule has 136 valence electrons. The van der Waals surface area contributed by atoms with Crippen LogP contribution < -0.4 is 19.9 Å². The molecule has 2 rings (SSSR count). The molecular formula is C16H18F2N2O5. The van der Waals surface area contributed by atoms with E-state index in [0.29, 0.717) is 5.75 Å². The van der Waals surface area contributed by atoms with Crippen molar-refractivity contribution in [1.82, 2.24) is 4.98 Å². The van der Waals surface area contributed by atoms with Crippen molar-refractivity contribution in [2.45, 2.75) is 13.0 Å². The highest BCUT2D eigenvalue weighted by molar-refractivity contribution is 5.93. The number of halogens is 2. The van der Waals surface area contributed by atoms with Gasteiger partial charge in [0.25, 0.3) is 6.43 Å². The van der Waals surface area contributed by atoms with Crippen LogP contribution in [0.2, 0.25) is 0 Å². The lowest BCUT2D eigenvalue weighted by molar-refractivity contribution is 0.0679. The van der Waals surface area contributed by atoms with Crippen LogP contribution in [-0.2, 0) is 6.54 Å². The van der Waals surface area contributed by atoms with E-state index in [1.165, 1.54) is 33.5 Å². The van der Waals surface area contributed by atoms with E-state index in [1.807, 2.05) is 0 Å². The van der Waals surface area contributed by atoms with Crippen molar-refractivity contribution < 1.29 is 32.9 Å². The summed E-state index contributed by atoms with van der Waals surface area (Å²) in [5.41, 5.74) is 4.71. The predicted octanol–water partition coefficient (Wildman–Crippen LogP) is 2.80. The molecule has 7 nitrogen and oxygen atoms in total. The molecule has 0 aliphatic carbocycles. The first-order valence-electron chi connectivity index (χ1n) is 7.16. The van der Waals surface area contributed by atoms with Gasteiger partial charge in [-0.25, -0.2) is 13.6 Å². The van der Waals surface area contributed by atoms with Crippen LogP contribution in [-0.4, -0.2) is 37.4 Å². The lowest BCUT2D eigenvalue weighted by Gasteiger charge is -2.17. The number of hydrogen-bond donors (Lipinski definition) is 3. The molecule has 0 saturated heterocycles. The lowest BCUT2D eigenvalue weighted by atomic mass is 9.98. The van der Waals surface area contributed by atoms with Gasteiger partial charge in [0.15, 0.2) is 11.5 Å². The topological polar surface area (TPSA) is 107 Å². The number of nitrogens with two attached hydrogens (primary N) is 1. The summed E-state index contributed by atoms with van der Waals surface area (Å²) < 4.78 is 43.0. The molecule has 0 fully saturated rings. The van der Waals surface area contributed by atoms with Crippen molar-refractivity contribution >= 4 is 5.97 Å². The number of aromatic nitrogens is 1. The predicted molar refractivity (Wildman–Crippen MR) is 85.7 cm³/mol. The highest BCUT2D eigenvalue weighted by atomic mass is 19.3. The third-order valence-electron chi connectivity index (χ3n) is 3.73. The summed E-state index contributed by atoms with van der Waals surface area (Å²) in [6, 6.07) is 3.00. The van der Waals surface area contributed by atoms with Crippen molar-refractivity contribution in [2.75, 3.05) is 21.3 Å². The number of carbonyl (C=O) groups is 1. The van der Waals surface area contributed by atoms with Crippen LogP contribution >= 0.6 is 0 Å². The Morgan fingerprint density at radius 3 is 2.28 bits per heavy atom. The first kappa shape index (κ1) is 18.5. The van der Waals surface area contributed by atoms with Gasteiger partial charge in [-0.2, -0.15) is 0 Å². The minimum absolute atomic E-state index is 0.0206. The Labute approximate surface area is 142 Å². The standard InChI is InChI=1S/C16H18F2N2O5/c1-23-9-5-4-7(13(24-2)14(9)25-3)10-8(6-19)20-12(16(21)22)11(10)15(17)18/h4-5,15,20H,6,19H2,1-3H3,(H,21,22). The van der Waals surface area contributed by atoms with Crippen LogP contribution in [0.15, 0.2) is 12.1 Å². The number of H-pyrrole nitrogens is 1. The largest absolute Gasteiger partial charge is 0.493 e. The highest BCUT2D eigenvalue weighted by Crippen LogP contribution is 2.48. The number of aromatic carboxylic acids is 1. The fourth-order valence-corrected chi connectivity index (χ4v) is 2.71. The monoisotopic (exact) mass is 356 g/mol. The van der Waals surface area contributed by atoms with E-state index < -0.39 is 23.7 Å². The summed E-state index contributed by atoms with van der Waals surface area (Å²) in [5, 5.41) is 9.22. The Morgan fingerprint density at radius 2 is 1.84 bits per heavy atom. The maximum absolute atomic E-state index is 13.6. The highest BCUT2D eigenvalue weighted by Gasteiger charge is 2.31. The molecule has 0 bridgehead atoms. The van der Waals surface area contributed by atoms with Gasteiger partial charge in [0.2, 0.25) is 5.75 Å². The average Bonchev–Trinajstić information content (AvgIpc) is 3.00. The normalized spacial score (nSPS) is 10.8. The Morgan fingerprint density at radius 1 is 1.20 bits per heavy atom. The smallest absolute Gasteiger partial charge is 0.352 e. The average molecular weight is 356 g/mol. The Bertz CT molecular complexity index is 789. The third-order valence-corrected chi connectivity index (χ3v) is 3.73. The minimum atomic E-state index is -3.03. The molecule has 2 aromatic rings. The van der Waals surface area contributed by atoms with Crippen molar-refractivity contribution in [3.8, 4) is 28.4 Å². The fraction of sp³-hybridized carbons (Fsp3) is 0.312. The summed E-state index contributed by atoms with van der Waals surface area (Å²) in [6.45, 7) is -0.167. The number of methoxy groups -OCH3 is 3. The van der Waals surface area contributed by atoms with E-state index in [4.69, 9.17) is 19.9 Å². The van der Waals surface area contributed by atoms with Crippen LogP contribution in [0.5, 0.6) is 17.2 Å². The summed E-state index contributed by atoms with van der Waals surface area (Å²) in [4.78, 5) is 13.8. The molecule has 0 unspecified atom stereocenters. The van der Waals surface area contributed by atoms with Gasteiger partial charge < -0.3 is 30.0 Å². The van der Waals surface area contributed by atoms with E-state index in [9.17, 15) is 18.7 Å². The summed E-state index contributed by atoms with van der Waals surface area (Å²) in [7, 11) is 4.14. The number of hydrogen-bond acceptors (Lipinski definition) is 5. The van der Waals surface area contributed by atoms with Crippen molar-refractivity contribution in [3.05, 3.63) is 29.1 Å². The molecule has 1 aromatic heterocycles. The van der Waals surface area contributed by atoms with Crippen LogP contribution in [0, 0.1) is 0 Å². The number of ether oxygens (including phenoxy) is 3. The second-order valence-corrected chi connectivity index (χ2v) is 4.96. The zero-order valence-corrected chi connectivity index (χ0v) is 13.9. The van der Waals surface area contributed by atoms with Crippen LogP contribution in [0.3, 0.4) is 0 Å². The molecular weight excluding hydrogens is 338 g/mol. The maximum Gasteiger partial charge on any atom is 0.352 e. The Hall–Kier alpha value is -2.81. The number of carboxylic acid groups (broad SMARTS) is 1. The van der Waals surface area contributed by atoms with Gasteiger partial charge in [-0.15, -0.1) is 0 Å². The molecule has 0 aliphatic heterocycles. The van der Waals surface area contributed by atoms with E-state index in [1.54, 1.807) is 0 Å². The van der Waals surface area contributed by atoms with Crippen molar-refractivity contribution in [2.24, 2.45) is 5.73 Å². The SMILES string of the molecule is COc1ccc(-c2c(CN)[nH]c(C(=O)O)c2C(F)F)c(OC)c1OC. The molecule has 0 aliphatic rings. The Kier molecular flexibility index (Phi) is 5.48. The number of rotatable bonds is 7. The van der Waals surface area contributed by atoms with Crippen LogP contribution in [0.25, 0.3) is 11.1 Å². The van der Waals surface area contributed by atoms with E-state index >= 15 is 0 Å². The molecule has 0 spiro atoms. The summed E-state index contributed by atoms with van der Waals surface area (Å²) in [6.07, 6.45) is -3.03. The maximum atomic E-state index is 13.6. The number of carboxylic acids is 1. The zero-order chi connectivity index (χ0) is 18.7. The molecule has 0 radical (unpaired) electrons. The zero-order valence-electron chi connectivity index (χ0n) is 13.9. The molecule has 0 atom stereocenters. The molecule has 0 saturated carbocycles. The van der Waals surface area contributed by atoms with Gasteiger partial charge in [0.05, 0.1) is 26.9 Å². The van der Waals surface area contributed by atoms with Crippen molar-refractivity contribution in [1.29, 1.82) is 0 Å². The van der Waals surface area contributed by atoms with Gasteiger partial charge in [0, 0.05) is 23.4 Å². The van der Waals surface area contributed by atoms with Crippen LogP contribution in [0.1, 0.15) is 28.2 Å². The molecule has 25 heavy (non-hydrogen) atoms. The number of nitrogens with one attached hydrogen (secondary N) is 1. The fourth-order valence-electron chi connectivity index (χ4n) is 2.71. The molecule has 1 heterocycles. The first-order chi connectivity index (χ1) is 11.9. The lowest BCUT2D eigenvalue weighted by Crippen LogP contribution is -2.03. The molecule has 1 aromatic carbocycles. The van der Waals surface area contributed by atoms with Crippen LogP contribution in [0.4, 0.5) is 8.78 Å². The number of benzene rings is 1. The van der Waals surface area contributed by atoms with Gasteiger partial charge >= 0.3 is 5.97 Å². The minimum Gasteiger partial charge on any atom is -0.493 e. The molecule has 4 N–H and O–H groups in total. The van der Waals surface area contributed by atoms with Gasteiger partial charge in [-0.1, -0.05) is 0 Å². The van der Waals surface area contributed by atoms with Crippen molar-refractivity contribution in [3.63, 3.8) is 0 Å². The second kappa shape index (κ2) is 7.39. The Balaban J connectivity index is 2.88. The molecule has 0 amide bonds. The van der Waals surface area contributed by atoms with Gasteiger partial charge in [-0.05, 0) is 12.1 Å². The summed E-state index contributed by atoms with van der Waals surface area (Å²) >= 11 is 0.